The van der Waals surface area contributed by atoms with E-state index in [0.717, 1.165) is 11.3 Å². The Morgan fingerprint density at radius 2 is 2.12 bits per heavy atom. The van der Waals surface area contributed by atoms with Crippen LogP contribution in [0.25, 0.3) is 0 Å². The molecule has 0 atom stereocenters. The monoisotopic (exact) mass is 131 g/mol. The van der Waals surface area contributed by atoms with Crippen LogP contribution in [0, 0.1) is 6.92 Å². The Morgan fingerprint density at radius 1 is 1.50 bits per heavy atom. The average Bonchev–Trinajstić information content (AvgIpc) is 1.85. The molecule has 0 radical (unpaired) electrons. The number of thiazole rings is 1. The van der Waals surface area contributed by atoms with Crippen LogP contribution in [0.4, 0.5) is 0 Å². The van der Waals surface area contributed by atoms with E-state index in [2.05, 4.69) is 4.98 Å². The lowest BCUT2D eigenvalue weighted by Crippen LogP contribution is -1.62. The molecule has 1 aromatic heterocycles. The van der Waals surface area contributed by atoms with Gasteiger partial charge in [0.1, 0.15) is 0 Å². The van der Waals surface area contributed by atoms with Crippen molar-refractivity contribution in [2.24, 2.45) is 0 Å². The van der Waals surface area contributed by atoms with Crippen molar-refractivity contribution < 1.29 is 10.2 Å². The van der Waals surface area contributed by atoms with Crippen molar-refractivity contribution in [3.8, 4) is 10.9 Å². The molecule has 0 unspecified atom stereocenters. The van der Waals surface area contributed by atoms with Gasteiger partial charge in [-0.1, -0.05) is 11.3 Å². The van der Waals surface area contributed by atoms with Crippen LogP contribution in [0.5, 0.6) is 10.9 Å². The van der Waals surface area contributed by atoms with Crippen LogP contribution in [0.3, 0.4) is 0 Å². The average molecular weight is 131 g/mol. The summed E-state index contributed by atoms with van der Waals surface area (Å²) in [6.45, 7) is 1.71. The van der Waals surface area contributed by atoms with E-state index in [9.17, 15) is 0 Å². The molecule has 0 aliphatic heterocycles. The quantitative estimate of drug-likeness (QED) is 0.549. The molecule has 0 saturated carbocycles. The molecule has 44 valence electrons. The van der Waals surface area contributed by atoms with Crippen molar-refractivity contribution in [2.45, 2.75) is 6.92 Å². The molecule has 4 heteroatoms. The Hall–Kier alpha value is -0.770. The highest BCUT2D eigenvalue weighted by atomic mass is 32.1. The number of hydrogen-bond acceptors (Lipinski definition) is 4. The van der Waals surface area contributed by atoms with Crippen LogP contribution < -0.4 is 0 Å². The van der Waals surface area contributed by atoms with E-state index in [1.54, 1.807) is 6.92 Å². The topological polar surface area (TPSA) is 53.4 Å². The van der Waals surface area contributed by atoms with Gasteiger partial charge < -0.3 is 10.2 Å². The molecule has 0 saturated heterocycles. The third-order valence-electron chi connectivity index (χ3n) is 0.699. The predicted octanol–water partition coefficient (Wildman–Crippen LogP) is 0.863. The summed E-state index contributed by atoms with van der Waals surface area (Å²) in [6.07, 6.45) is 0. The lowest BCUT2D eigenvalue weighted by Gasteiger charge is -1.76. The second-order valence-electron chi connectivity index (χ2n) is 1.36. The minimum absolute atomic E-state index is 0.109. The van der Waals surface area contributed by atoms with Crippen molar-refractivity contribution >= 4 is 11.3 Å². The fraction of sp³-hybridized carbons (Fsp3) is 0.250. The molecule has 0 fully saturated rings. The smallest absolute Gasteiger partial charge is 0.266 e. The number of aromatic nitrogens is 1. The summed E-state index contributed by atoms with van der Waals surface area (Å²) >= 11 is 1.06. The number of nitrogens with zero attached hydrogens (tertiary/aromatic N) is 1. The molecule has 0 aliphatic rings. The third-order valence-corrected chi connectivity index (χ3v) is 1.46. The maximum absolute atomic E-state index is 8.65. The highest BCUT2D eigenvalue weighted by molar-refractivity contribution is 7.13. The molecular formula is C4H5NO2S. The molecule has 1 heterocycles. The van der Waals surface area contributed by atoms with Crippen LogP contribution in [0.1, 0.15) is 5.01 Å². The third kappa shape index (κ3) is 0.742. The molecule has 3 nitrogen and oxygen atoms in total. The summed E-state index contributed by atoms with van der Waals surface area (Å²) in [5, 5.41) is 17.8. The highest BCUT2D eigenvalue weighted by Crippen LogP contribution is 2.29. The number of aromatic hydroxyl groups is 2. The fourth-order valence-electron chi connectivity index (χ4n) is 0.405. The van der Waals surface area contributed by atoms with E-state index in [1.165, 1.54) is 0 Å². The zero-order valence-corrected chi connectivity index (χ0v) is 5.07. The van der Waals surface area contributed by atoms with E-state index >= 15 is 0 Å². The fourth-order valence-corrected chi connectivity index (χ4v) is 0.954. The van der Waals surface area contributed by atoms with Crippen LogP contribution in [-0.2, 0) is 0 Å². The Balaban J connectivity index is 3.14. The van der Waals surface area contributed by atoms with Gasteiger partial charge in [-0.05, 0) is 6.92 Å². The molecule has 0 bridgehead atoms. The maximum atomic E-state index is 8.65. The lowest BCUT2D eigenvalue weighted by atomic mass is 10.8. The van der Waals surface area contributed by atoms with E-state index in [1.807, 2.05) is 0 Å². The molecule has 1 rings (SSSR count). The van der Waals surface area contributed by atoms with E-state index < -0.39 is 0 Å². The van der Waals surface area contributed by atoms with Gasteiger partial charge in [0.15, 0.2) is 0 Å². The Labute approximate surface area is 50.2 Å². The summed E-state index contributed by atoms with van der Waals surface area (Å²) in [7, 11) is 0. The second kappa shape index (κ2) is 1.63. The Kier molecular flexibility index (Phi) is 1.09. The van der Waals surface area contributed by atoms with Crippen molar-refractivity contribution in [1.82, 2.24) is 4.98 Å². The molecule has 8 heavy (non-hydrogen) atoms. The minimum Gasteiger partial charge on any atom is -0.496 e. The zero-order valence-electron chi connectivity index (χ0n) is 4.25. The highest BCUT2D eigenvalue weighted by Gasteiger charge is 2.02. The van der Waals surface area contributed by atoms with Crippen LogP contribution in [-0.4, -0.2) is 15.2 Å². The number of hydrogen-bond donors (Lipinski definition) is 2. The van der Waals surface area contributed by atoms with Gasteiger partial charge in [-0.3, -0.25) is 0 Å². The second-order valence-corrected chi connectivity index (χ2v) is 2.54. The first-order valence-corrected chi connectivity index (χ1v) is 2.87. The first-order chi connectivity index (χ1) is 3.70. The van der Waals surface area contributed by atoms with Gasteiger partial charge in [-0.25, -0.2) is 4.98 Å². The first kappa shape index (κ1) is 5.37. The summed E-state index contributed by atoms with van der Waals surface area (Å²) in [6, 6.07) is 0. The van der Waals surface area contributed by atoms with Crippen molar-refractivity contribution in [2.75, 3.05) is 0 Å². The number of rotatable bonds is 0. The summed E-state index contributed by atoms with van der Waals surface area (Å²) < 4.78 is 0. The molecule has 0 amide bonds. The van der Waals surface area contributed by atoms with Crippen LogP contribution >= 0.6 is 11.3 Å². The Bertz CT molecular complexity index is 176. The molecule has 1 aromatic rings. The van der Waals surface area contributed by atoms with Crippen molar-refractivity contribution in [1.29, 1.82) is 0 Å². The van der Waals surface area contributed by atoms with E-state index in [-0.39, 0.29) is 10.9 Å². The summed E-state index contributed by atoms with van der Waals surface area (Å²) in [5.41, 5.74) is 0. The van der Waals surface area contributed by atoms with E-state index in [0.29, 0.717) is 5.01 Å². The SMILES string of the molecule is Cc1nc(O)c(O)s1. The number of aryl methyl sites for hydroxylation is 1. The molecule has 2 N–H and O–H groups in total. The summed E-state index contributed by atoms with van der Waals surface area (Å²) in [5.74, 6) is -0.271. The van der Waals surface area contributed by atoms with Gasteiger partial charge in [0.25, 0.3) is 5.88 Å². The minimum atomic E-state index is -0.271. The summed E-state index contributed by atoms with van der Waals surface area (Å²) in [4.78, 5) is 3.53. The van der Waals surface area contributed by atoms with Crippen LogP contribution in [0.2, 0.25) is 0 Å². The lowest BCUT2D eigenvalue weighted by molar-refractivity contribution is 0.401. The normalized spacial score (nSPS) is 9.62. The maximum Gasteiger partial charge on any atom is 0.266 e. The van der Waals surface area contributed by atoms with Crippen molar-refractivity contribution in [3.63, 3.8) is 0 Å². The van der Waals surface area contributed by atoms with Gasteiger partial charge in [-0.15, -0.1) is 0 Å². The molecule has 0 aromatic carbocycles. The van der Waals surface area contributed by atoms with Gasteiger partial charge in [0.2, 0.25) is 5.06 Å². The largest absolute Gasteiger partial charge is 0.496 e. The van der Waals surface area contributed by atoms with Gasteiger partial charge in [0.05, 0.1) is 5.01 Å². The zero-order chi connectivity index (χ0) is 6.15. The van der Waals surface area contributed by atoms with Crippen LogP contribution in [0.15, 0.2) is 0 Å². The standard InChI is InChI=1S/C4H5NO2S/c1-2-5-3(6)4(7)8-2/h6-7H,1H3. The predicted molar refractivity (Wildman–Crippen MR) is 30.2 cm³/mol. The molecule has 0 aliphatic carbocycles. The Morgan fingerprint density at radius 3 is 2.25 bits per heavy atom. The first-order valence-electron chi connectivity index (χ1n) is 2.05. The van der Waals surface area contributed by atoms with Crippen molar-refractivity contribution in [3.05, 3.63) is 5.01 Å². The van der Waals surface area contributed by atoms with E-state index in [4.69, 9.17) is 10.2 Å². The van der Waals surface area contributed by atoms with Gasteiger partial charge >= 0.3 is 0 Å². The molecule has 0 spiro atoms. The van der Waals surface area contributed by atoms with Gasteiger partial charge in [-0.2, -0.15) is 0 Å². The molecular weight excluding hydrogens is 126 g/mol. The van der Waals surface area contributed by atoms with Gasteiger partial charge in [0, 0.05) is 0 Å².